The zero-order valence-electron chi connectivity index (χ0n) is 9.45. The number of nitrogens with zero attached hydrogens (tertiary/aromatic N) is 2. The van der Waals surface area contributed by atoms with E-state index in [4.69, 9.17) is 4.74 Å². The van der Waals surface area contributed by atoms with E-state index in [2.05, 4.69) is 18.1 Å². The van der Waals surface area contributed by atoms with Gasteiger partial charge in [0.05, 0.1) is 12.6 Å². The Hall–Kier alpha value is -1.51. The summed E-state index contributed by atoms with van der Waals surface area (Å²) in [5, 5.41) is 5.54. The first-order chi connectivity index (χ1) is 7.24. The lowest BCUT2D eigenvalue weighted by Gasteiger charge is -2.06. The number of hydrogen-bond acceptors (Lipinski definition) is 2. The summed E-state index contributed by atoms with van der Waals surface area (Å²) in [6, 6.07) is 4.19. The number of fused-ring (bicyclic) bond motifs is 1. The van der Waals surface area contributed by atoms with Gasteiger partial charge in [-0.05, 0) is 18.1 Å². The molecule has 2 aromatic rings. The van der Waals surface area contributed by atoms with Crippen molar-refractivity contribution in [2.45, 2.75) is 19.8 Å². The van der Waals surface area contributed by atoms with Crippen molar-refractivity contribution in [1.82, 2.24) is 9.78 Å². The summed E-state index contributed by atoms with van der Waals surface area (Å²) in [6.45, 7) is 2.17. The van der Waals surface area contributed by atoms with Crippen molar-refractivity contribution in [1.29, 1.82) is 0 Å². The highest BCUT2D eigenvalue weighted by atomic mass is 16.5. The second-order valence-electron chi connectivity index (χ2n) is 3.78. The molecule has 0 N–H and O–H groups in total. The minimum absolute atomic E-state index is 0.947. The predicted octanol–water partition coefficient (Wildman–Crippen LogP) is 2.53. The third-order valence-electron chi connectivity index (χ3n) is 2.54. The zero-order chi connectivity index (χ0) is 10.8. The van der Waals surface area contributed by atoms with Crippen molar-refractivity contribution >= 4 is 10.9 Å². The topological polar surface area (TPSA) is 27.1 Å². The maximum atomic E-state index is 5.37. The lowest BCUT2D eigenvalue weighted by molar-refractivity contribution is 0.410. The molecule has 0 saturated heterocycles. The Balaban J connectivity index is 2.57. The van der Waals surface area contributed by atoms with Gasteiger partial charge in [0.1, 0.15) is 5.75 Å². The first-order valence-electron chi connectivity index (χ1n) is 5.25. The van der Waals surface area contributed by atoms with Crippen LogP contribution in [0.4, 0.5) is 0 Å². The molecule has 0 spiro atoms. The first-order valence-corrected chi connectivity index (χ1v) is 5.25. The fourth-order valence-electron chi connectivity index (χ4n) is 1.88. The molecule has 0 amide bonds. The van der Waals surface area contributed by atoms with Crippen LogP contribution in [0.2, 0.25) is 0 Å². The van der Waals surface area contributed by atoms with Gasteiger partial charge in [-0.2, -0.15) is 5.10 Å². The minimum Gasteiger partial charge on any atom is -0.496 e. The van der Waals surface area contributed by atoms with Gasteiger partial charge in [-0.25, -0.2) is 0 Å². The van der Waals surface area contributed by atoms with Crippen LogP contribution in [0.15, 0.2) is 18.3 Å². The standard InChI is InChI=1S/C12H16N2O/c1-4-5-9-6-10-8-14(2)13-11(10)7-12(9)15-3/h6-8H,4-5H2,1-3H3. The number of rotatable bonds is 3. The van der Waals surface area contributed by atoms with Gasteiger partial charge < -0.3 is 4.74 Å². The summed E-state index contributed by atoms with van der Waals surface area (Å²) in [5.74, 6) is 0.947. The average Bonchev–Trinajstić information content (AvgIpc) is 2.56. The minimum atomic E-state index is 0.947. The molecule has 2 rings (SSSR count). The number of aryl methyl sites for hydroxylation is 2. The lowest BCUT2D eigenvalue weighted by Crippen LogP contribution is -1.91. The molecule has 3 nitrogen and oxygen atoms in total. The van der Waals surface area contributed by atoms with Crippen LogP contribution in [-0.4, -0.2) is 16.9 Å². The molecule has 1 aromatic carbocycles. The molecule has 0 aliphatic heterocycles. The number of methoxy groups -OCH3 is 1. The van der Waals surface area contributed by atoms with Crippen molar-refractivity contribution < 1.29 is 4.74 Å². The van der Waals surface area contributed by atoms with Gasteiger partial charge in [0, 0.05) is 24.7 Å². The van der Waals surface area contributed by atoms with Crippen LogP contribution in [-0.2, 0) is 13.5 Å². The SMILES string of the molecule is CCCc1cc2cn(C)nc2cc1OC. The normalized spacial score (nSPS) is 10.9. The maximum Gasteiger partial charge on any atom is 0.124 e. The average molecular weight is 204 g/mol. The third-order valence-corrected chi connectivity index (χ3v) is 2.54. The van der Waals surface area contributed by atoms with Crippen molar-refractivity contribution in [2.75, 3.05) is 7.11 Å². The van der Waals surface area contributed by atoms with E-state index >= 15 is 0 Å². The summed E-state index contributed by atoms with van der Waals surface area (Å²) in [5.41, 5.74) is 2.26. The molecule has 1 aromatic heterocycles. The van der Waals surface area contributed by atoms with Crippen LogP contribution in [0.1, 0.15) is 18.9 Å². The van der Waals surface area contributed by atoms with Crippen molar-refractivity contribution in [3.63, 3.8) is 0 Å². The largest absolute Gasteiger partial charge is 0.496 e. The van der Waals surface area contributed by atoms with Gasteiger partial charge in [-0.15, -0.1) is 0 Å². The molecule has 0 unspecified atom stereocenters. The Bertz CT molecular complexity index is 474. The van der Waals surface area contributed by atoms with Crippen LogP contribution < -0.4 is 4.74 Å². The smallest absolute Gasteiger partial charge is 0.124 e. The van der Waals surface area contributed by atoms with E-state index in [1.807, 2.05) is 24.0 Å². The molecule has 0 aliphatic carbocycles. The van der Waals surface area contributed by atoms with Gasteiger partial charge in [-0.3, -0.25) is 4.68 Å². The van der Waals surface area contributed by atoms with Crippen LogP contribution in [0, 0.1) is 0 Å². The summed E-state index contributed by atoms with van der Waals surface area (Å²) in [6.07, 6.45) is 4.21. The first kappa shape index (κ1) is 10.0. The van der Waals surface area contributed by atoms with Crippen LogP contribution in [0.3, 0.4) is 0 Å². The van der Waals surface area contributed by atoms with E-state index in [9.17, 15) is 0 Å². The molecule has 0 atom stereocenters. The number of hydrogen-bond donors (Lipinski definition) is 0. The fraction of sp³-hybridized carbons (Fsp3) is 0.417. The molecule has 0 saturated carbocycles. The van der Waals surface area contributed by atoms with Gasteiger partial charge >= 0.3 is 0 Å². The summed E-state index contributed by atoms with van der Waals surface area (Å²) >= 11 is 0. The maximum absolute atomic E-state index is 5.37. The van der Waals surface area contributed by atoms with Crippen LogP contribution in [0.25, 0.3) is 10.9 Å². The highest BCUT2D eigenvalue weighted by Gasteiger charge is 2.06. The van der Waals surface area contributed by atoms with Crippen molar-refractivity contribution in [2.24, 2.45) is 7.05 Å². The number of benzene rings is 1. The number of aromatic nitrogens is 2. The molecular weight excluding hydrogens is 188 g/mol. The summed E-state index contributed by atoms with van der Waals surface area (Å²) < 4.78 is 7.20. The van der Waals surface area contributed by atoms with Gasteiger partial charge in [0.25, 0.3) is 0 Å². The predicted molar refractivity (Wildman–Crippen MR) is 61.3 cm³/mol. The second-order valence-corrected chi connectivity index (χ2v) is 3.78. The van der Waals surface area contributed by atoms with E-state index in [1.165, 1.54) is 10.9 Å². The Labute approximate surface area is 89.7 Å². The Kier molecular flexibility index (Phi) is 2.62. The van der Waals surface area contributed by atoms with Crippen molar-refractivity contribution in [3.05, 3.63) is 23.9 Å². The van der Waals surface area contributed by atoms with Gasteiger partial charge in [0.15, 0.2) is 0 Å². The van der Waals surface area contributed by atoms with Crippen LogP contribution >= 0.6 is 0 Å². The van der Waals surface area contributed by atoms with E-state index in [-0.39, 0.29) is 0 Å². The van der Waals surface area contributed by atoms with Crippen LogP contribution in [0.5, 0.6) is 5.75 Å². The molecular formula is C12H16N2O. The lowest BCUT2D eigenvalue weighted by atomic mass is 10.1. The van der Waals surface area contributed by atoms with Crippen molar-refractivity contribution in [3.8, 4) is 5.75 Å². The molecule has 0 radical (unpaired) electrons. The molecule has 15 heavy (non-hydrogen) atoms. The Morgan fingerprint density at radius 1 is 1.40 bits per heavy atom. The molecule has 1 heterocycles. The van der Waals surface area contributed by atoms with E-state index in [0.29, 0.717) is 0 Å². The molecule has 3 heteroatoms. The highest BCUT2D eigenvalue weighted by Crippen LogP contribution is 2.25. The molecule has 0 fully saturated rings. The quantitative estimate of drug-likeness (QED) is 0.768. The Morgan fingerprint density at radius 3 is 2.87 bits per heavy atom. The summed E-state index contributed by atoms with van der Waals surface area (Å²) in [4.78, 5) is 0. The van der Waals surface area contributed by atoms with E-state index in [0.717, 1.165) is 24.1 Å². The molecule has 0 aliphatic rings. The number of ether oxygens (including phenoxy) is 1. The molecule has 80 valence electrons. The Morgan fingerprint density at radius 2 is 2.20 bits per heavy atom. The van der Waals surface area contributed by atoms with Gasteiger partial charge in [-0.1, -0.05) is 13.3 Å². The fourth-order valence-corrected chi connectivity index (χ4v) is 1.88. The van der Waals surface area contributed by atoms with E-state index in [1.54, 1.807) is 7.11 Å². The second kappa shape index (κ2) is 3.93. The summed E-state index contributed by atoms with van der Waals surface area (Å²) in [7, 11) is 3.65. The zero-order valence-corrected chi connectivity index (χ0v) is 9.45. The van der Waals surface area contributed by atoms with Gasteiger partial charge in [0.2, 0.25) is 0 Å². The highest BCUT2D eigenvalue weighted by molar-refractivity contribution is 5.81. The molecule has 0 bridgehead atoms. The van der Waals surface area contributed by atoms with E-state index < -0.39 is 0 Å². The monoisotopic (exact) mass is 204 g/mol. The third kappa shape index (κ3) is 1.82.